The van der Waals surface area contributed by atoms with Crippen molar-refractivity contribution < 1.29 is 39.8 Å². The molecule has 292 valence electrons. The van der Waals surface area contributed by atoms with E-state index in [2.05, 4.69) is 37.4 Å². The van der Waals surface area contributed by atoms with Gasteiger partial charge in [0.1, 0.15) is 24.4 Å². The molecule has 0 radical (unpaired) electrons. The third-order valence-electron chi connectivity index (χ3n) is 9.49. The summed E-state index contributed by atoms with van der Waals surface area (Å²) in [5, 5.41) is 53.8. The lowest BCUT2D eigenvalue weighted by atomic mass is 9.99. The highest BCUT2D eigenvalue weighted by Crippen LogP contribution is 2.22. The van der Waals surface area contributed by atoms with Crippen LogP contribution in [0.25, 0.3) is 0 Å². The lowest BCUT2D eigenvalue weighted by Gasteiger charge is -2.40. The van der Waals surface area contributed by atoms with Crippen molar-refractivity contribution in [3.8, 4) is 0 Å². The number of amides is 1. The Balaban J connectivity index is 2.42. The van der Waals surface area contributed by atoms with Crippen LogP contribution in [0.3, 0.4) is 0 Å². The molecule has 1 heterocycles. The fraction of sp³-hybridized carbons (Fsp3) is 0.829. The first-order valence-corrected chi connectivity index (χ1v) is 20.2. The number of carbonyl (C=O) groups excluding carboxylic acids is 1. The molecule has 50 heavy (non-hydrogen) atoms. The molecule has 0 aliphatic carbocycles. The number of nitrogens with one attached hydrogen (secondary N) is 1. The Labute approximate surface area is 304 Å². The Kier molecular flexibility index (Phi) is 29.8. The third kappa shape index (κ3) is 23.1. The first-order valence-electron chi connectivity index (χ1n) is 20.2. The fourth-order valence-corrected chi connectivity index (χ4v) is 6.15. The van der Waals surface area contributed by atoms with Gasteiger partial charge in [0.2, 0.25) is 5.91 Å². The zero-order valence-electron chi connectivity index (χ0n) is 31.6. The predicted molar refractivity (Wildman–Crippen MR) is 203 cm³/mol. The number of aliphatic hydroxyl groups is 5. The van der Waals surface area contributed by atoms with Crippen molar-refractivity contribution in [3.63, 3.8) is 0 Å². The van der Waals surface area contributed by atoms with Crippen LogP contribution in [0.5, 0.6) is 0 Å². The molecule has 2 unspecified atom stereocenters. The number of aliphatic hydroxyl groups excluding tert-OH is 5. The summed E-state index contributed by atoms with van der Waals surface area (Å²) in [7, 11) is 0. The summed E-state index contributed by atoms with van der Waals surface area (Å²) in [6.07, 6.45) is 30.6. The van der Waals surface area contributed by atoms with Gasteiger partial charge in [-0.2, -0.15) is 0 Å². The summed E-state index contributed by atoms with van der Waals surface area (Å²) in [6.45, 7) is 3.68. The van der Waals surface area contributed by atoms with Crippen LogP contribution in [0.15, 0.2) is 36.5 Å². The van der Waals surface area contributed by atoms with Crippen LogP contribution in [0.4, 0.5) is 0 Å². The maximum Gasteiger partial charge on any atom is 0.220 e. The largest absolute Gasteiger partial charge is 0.394 e. The van der Waals surface area contributed by atoms with E-state index >= 15 is 0 Å². The summed E-state index contributed by atoms with van der Waals surface area (Å²) in [5.74, 6) is -0.203. The highest BCUT2D eigenvalue weighted by atomic mass is 16.7. The lowest BCUT2D eigenvalue weighted by Crippen LogP contribution is -2.60. The number of allylic oxidation sites excluding steroid dienone is 5. The van der Waals surface area contributed by atoms with Crippen molar-refractivity contribution in [2.75, 3.05) is 13.2 Å². The number of hydrogen-bond acceptors (Lipinski definition) is 8. The van der Waals surface area contributed by atoms with Crippen molar-refractivity contribution >= 4 is 5.91 Å². The minimum atomic E-state index is -1.57. The van der Waals surface area contributed by atoms with Crippen LogP contribution in [0.2, 0.25) is 0 Å². The Hall–Kier alpha value is -1.59. The molecule has 1 fully saturated rings. The normalized spacial score (nSPS) is 22.6. The predicted octanol–water partition coefficient (Wildman–Crippen LogP) is 7.33. The van der Waals surface area contributed by atoms with E-state index < -0.39 is 49.5 Å². The van der Waals surface area contributed by atoms with E-state index in [4.69, 9.17) is 9.47 Å². The smallest absolute Gasteiger partial charge is 0.220 e. The van der Waals surface area contributed by atoms with Crippen LogP contribution in [0.1, 0.15) is 162 Å². The van der Waals surface area contributed by atoms with Crippen molar-refractivity contribution in [1.29, 1.82) is 0 Å². The van der Waals surface area contributed by atoms with E-state index in [0.29, 0.717) is 6.42 Å². The maximum absolute atomic E-state index is 12.9. The number of carbonyl (C=O) groups is 1. The standard InChI is InChI=1S/C41H75NO8/c1-3-5-7-9-11-13-15-16-17-18-19-20-21-23-25-27-29-31-37(45)42-34(33-49-41-40(48)39(47)38(46)36(32-43)50-41)35(44)30-28-26-24-22-14-12-10-8-6-4-2/h16-17,24,26,28,30,34-36,38-41,43-44,46-48H,3-15,18-23,25,27,29,31-33H2,1-2H3,(H,42,45)/b17-16+,26-24+,30-28+/t34-,35+,36-,38-,39?,40?,41-/m0/s1. The van der Waals surface area contributed by atoms with E-state index in [0.717, 1.165) is 44.9 Å². The second-order valence-electron chi connectivity index (χ2n) is 14.1. The van der Waals surface area contributed by atoms with E-state index in [1.807, 2.05) is 6.08 Å². The number of rotatable bonds is 32. The Morgan fingerprint density at radius 3 is 1.72 bits per heavy atom. The van der Waals surface area contributed by atoms with Gasteiger partial charge in [-0.3, -0.25) is 4.79 Å². The second-order valence-corrected chi connectivity index (χ2v) is 14.1. The first-order chi connectivity index (χ1) is 24.3. The van der Waals surface area contributed by atoms with E-state index in [-0.39, 0.29) is 12.5 Å². The molecule has 1 aliphatic heterocycles. The van der Waals surface area contributed by atoms with Crippen molar-refractivity contribution in [2.24, 2.45) is 0 Å². The van der Waals surface area contributed by atoms with E-state index in [9.17, 15) is 30.3 Å². The molecule has 1 rings (SSSR count). The molecule has 9 heteroatoms. The Bertz CT molecular complexity index is 879. The number of hydrogen-bond donors (Lipinski definition) is 6. The molecule has 9 nitrogen and oxygen atoms in total. The molecule has 6 N–H and O–H groups in total. The van der Waals surface area contributed by atoms with E-state index in [1.165, 1.54) is 96.3 Å². The summed E-state index contributed by atoms with van der Waals surface area (Å²) in [6, 6.07) is -0.835. The first kappa shape index (κ1) is 46.4. The minimum absolute atomic E-state index is 0.203. The van der Waals surface area contributed by atoms with Gasteiger partial charge in [-0.05, 0) is 44.9 Å². The van der Waals surface area contributed by atoms with Crippen LogP contribution in [0, 0.1) is 0 Å². The third-order valence-corrected chi connectivity index (χ3v) is 9.49. The van der Waals surface area contributed by atoms with Crippen LogP contribution >= 0.6 is 0 Å². The van der Waals surface area contributed by atoms with E-state index in [1.54, 1.807) is 12.2 Å². The summed E-state index contributed by atoms with van der Waals surface area (Å²) >= 11 is 0. The van der Waals surface area contributed by atoms with Gasteiger partial charge in [-0.25, -0.2) is 0 Å². The van der Waals surface area contributed by atoms with Gasteiger partial charge in [-0.1, -0.05) is 147 Å². The quantitative estimate of drug-likeness (QED) is 0.0242. The van der Waals surface area contributed by atoms with Crippen LogP contribution in [-0.2, 0) is 14.3 Å². The van der Waals surface area contributed by atoms with Gasteiger partial charge >= 0.3 is 0 Å². The van der Waals surface area contributed by atoms with Crippen LogP contribution < -0.4 is 5.32 Å². The van der Waals surface area contributed by atoms with Gasteiger partial charge in [0, 0.05) is 6.42 Å². The highest BCUT2D eigenvalue weighted by Gasteiger charge is 2.44. The van der Waals surface area contributed by atoms with Gasteiger partial charge in [-0.15, -0.1) is 0 Å². The molecular weight excluding hydrogens is 634 g/mol. The number of unbranched alkanes of at least 4 members (excludes halogenated alkanes) is 19. The monoisotopic (exact) mass is 710 g/mol. The molecular formula is C41H75NO8. The van der Waals surface area contributed by atoms with Gasteiger partial charge in [0.05, 0.1) is 25.4 Å². The summed E-state index contributed by atoms with van der Waals surface area (Å²) < 4.78 is 11.1. The summed E-state index contributed by atoms with van der Waals surface area (Å²) in [4.78, 5) is 12.9. The van der Waals surface area contributed by atoms with Crippen molar-refractivity contribution in [1.82, 2.24) is 5.32 Å². The van der Waals surface area contributed by atoms with Gasteiger partial charge in [0.25, 0.3) is 0 Å². The molecule has 1 aliphatic rings. The molecule has 7 atom stereocenters. The highest BCUT2D eigenvalue weighted by molar-refractivity contribution is 5.76. The average Bonchev–Trinajstić information content (AvgIpc) is 3.11. The average molecular weight is 710 g/mol. The Morgan fingerprint density at radius 1 is 0.680 bits per heavy atom. The molecule has 0 aromatic rings. The maximum atomic E-state index is 12.9. The molecule has 0 aromatic carbocycles. The fourth-order valence-electron chi connectivity index (χ4n) is 6.15. The van der Waals surface area contributed by atoms with Crippen molar-refractivity contribution in [2.45, 2.75) is 204 Å². The molecule has 1 amide bonds. The number of ether oxygens (including phenoxy) is 2. The molecule has 1 saturated heterocycles. The molecule has 0 bridgehead atoms. The summed E-state index contributed by atoms with van der Waals surface area (Å²) in [5.41, 5.74) is 0. The Morgan fingerprint density at radius 2 is 1.18 bits per heavy atom. The van der Waals surface area contributed by atoms with Crippen molar-refractivity contribution in [3.05, 3.63) is 36.5 Å². The molecule has 0 saturated carbocycles. The topological polar surface area (TPSA) is 149 Å². The zero-order chi connectivity index (χ0) is 36.7. The van der Waals surface area contributed by atoms with Gasteiger partial charge < -0.3 is 40.3 Å². The van der Waals surface area contributed by atoms with Crippen LogP contribution in [-0.4, -0.2) is 87.5 Å². The molecule has 0 aromatic heterocycles. The minimum Gasteiger partial charge on any atom is -0.394 e. The lowest BCUT2D eigenvalue weighted by molar-refractivity contribution is -0.302. The SMILES string of the molecule is CCCCCCCC/C=C/C=C/[C@@H](O)[C@H](CO[C@H]1O[C@@H](CO)[C@H](O)C(O)C1O)NC(=O)CCCCCCCCC/C=C/CCCCCCCC. The zero-order valence-corrected chi connectivity index (χ0v) is 31.6. The van der Waals surface area contributed by atoms with Gasteiger partial charge in [0.15, 0.2) is 6.29 Å². The second kappa shape index (κ2) is 32.1. The molecule has 0 spiro atoms.